The number of hydrogen-bond donors (Lipinski definition) is 1. The molecule has 2 aliphatic rings. The Hall–Kier alpha value is -2.20. The lowest BCUT2D eigenvalue weighted by Gasteiger charge is -2.44. The first-order valence-corrected chi connectivity index (χ1v) is 11.1. The lowest BCUT2D eigenvalue weighted by Crippen LogP contribution is -2.52. The number of urea groups is 1. The molecule has 154 valence electrons. The van der Waals surface area contributed by atoms with Gasteiger partial charge >= 0.3 is 6.03 Å². The summed E-state index contributed by atoms with van der Waals surface area (Å²) < 4.78 is 6.39. The molecule has 0 unspecified atom stereocenters. The maximum atomic E-state index is 12.7. The van der Waals surface area contributed by atoms with Crippen LogP contribution in [0.5, 0.6) is 5.75 Å². The van der Waals surface area contributed by atoms with E-state index in [2.05, 4.69) is 30.4 Å². The first-order chi connectivity index (χ1) is 14.1. The highest BCUT2D eigenvalue weighted by molar-refractivity contribution is 6.32. The molecule has 29 heavy (non-hydrogen) atoms. The molecule has 1 fully saturated rings. The fourth-order valence-electron chi connectivity index (χ4n) is 4.30. The predicted molar refractivity (Wildman–Crippen MR) is 118 cm³/mol. The van der Waals surface area contributed by atoms with Gasteiger partial charge in [0.2, 0.25) is 0 Å². The van der Waals surface area contributed by atoms with Crippen LogP contribution in [0.4, 0.5) is 10.5 Å². The van der Waals surface area contributed by atoms with E-state index in [1.54, 1.807) is 0 Å². The molecule has 2 aliphatic heterocycles. The Morgan fingerprint density at radius 3 is 2.62 bits per heavy atom. The standard InChI is InChI=1S/C24H29ClN2O2/c1-2-3-5-18-8-10-20(11-9-18)26-23(28)27-16-14-24(15-17-27)13-12-19-6-4-7-21(25)22(19)29-24/h4,6-11H,2-3,5,12-17H2,1H3,(H,26,28). The monoisotopic (exact) mass is 412 g/mol. The summed E-state index contributed by atoms with van der Waals surface area (Å²) in [5.41, 5.74) is 3.16. The van der Waals surface area contributed by atoms with Gasteiger partial charge in [-0.2, -0.15) is 0 Å². The maximum absolute atomic E-state index is 12.7. The quantitative estimate of drug-likeness (QED) is 0.661. The van der Waals surface area contributed by atoms with Crippen LogP contribution in [0.3, 0.4) is 0 Å². The van der Waals surface area contributed by atoms with E-state index in [0.717, 1.165) is 43.5 Å². The van der Waals surface area contributed by atoms with E-state index in [9.17, 15) is 4.79 Å². The van der Waals surface area contributed by atoms with Gasteiger partial charge in [0, 0.05) is 31.6 Å². The number of amides is 2. The van der Waals surface area contributed by atoms with Crippen LogP contribution < -0.4 is 10.1 Å². The number of nitrogens with zero attached hydrogens (tertiary/aromatic N) is 1. The van der Waals surface area contributed by atoms with Crippen LogP contribution in [-0.2, 0) is 12.8 Å². The number of ether oxygens (including phenoxy) is 1. The lowest BCUT2D eigenvalue weighted by molar-refractivity contribution is -0.00426. The lowest BCUT2D eigenvalue weighted by atomic mass is 9.83. The molecule has 0 radical (unpaired) electrons. The van der Waals surface area contributed by atoms with Crippen molar-refractivity contribution in [2.45, 2.75) is 57.5 Å². The van der Waals surface area contributed by atoms with Crippen molar-refractivity contribution in [1.82, 2.24) is 4.90 Å². The Morgan fingerprint density at radius 1 is 1.14 bits per heavy atom. The fraction of sp³-hybridized carbons (Fsp3) is 0.458. The summed E-state index contributed by atoms with van der Waals surface area (Å²) in [6.07, 6.45) is 7.10. The number of fused-ring (bicyclic) bond motifs is 1. The van der Waals surface area contributed by atoms with Gasteiger partial charge in [0.15, 0.2) is 0 Å². The summed E-state index contributed by atoms with van der Waals surface area (Å²) in [6, 6.07) is 14.1. The van der Waals surface area contributed by atoms with Crippen LogP contribution in [0.25, 0.3) is 0 Å². The second-order valence-corrected chi connectivity index (χ2v) is 8.64. The SMILES string of the molecule is CCCCc1ccc(NC(=O)N2CCC3(CCc4cccc(Cl)c4O3)CC2)cc1. The van der Waals surface area contributed by atoms with Crippen molar-refractivity contribution in [3.05, 3.63) is 58.6 Å². The van der Waals surface area contributed by atoms with Gasteiger partial charge in [-0.25, -0.2) is 4.79 Å². The molecule has 2 aromatic rings. The number of halogens is 1. The molecule has 0 aliphatic carbocycles. The summed E-state index contributed by atoms with van der Waals surface area (Å²) in [7, 11) is 0. The highest BCUT2D eigenvalue weighted by atomic mass is 35.5. The number of nitrogens with one attached hydrogen (secondary N) is 1. The molecule has 4 rings (SSSR count). The van der Waals surface area contributed by atoms with Crippen LogP contribution in [-0.4, -0.2) is 29.6 Å². The number of piperidine rings is 1. The van der Waals surface area contributed by atoms with Gasteiger partial charge < -0.3 is 15.0 Å². The number of carbonyl (C=O) groups is 1. The van der Waals surface area contributed by atoms with Crippen LogP contribution in [0.15, 0.2) is 42.5 Å². The molecule has 5 heteroatoms. The largest absolute Gasteiger partial charge is 0.485 e. The molecule has 0 bridgehead atoms. The smallest absolute Gasteiger partial charge is 0.321 e. The number of unbranched alkanes of at least 4 members (excludes halogenated alkanes) is 1. The zero-order chi connectivity index (χ0) is 20.3. The number of hydrogen-bond acceptors (Lipinski definition) is 2. The average molecular weight is 413 g/mol. The van der Waals surface area contributed by atoms with E-state index in [1.807, 2.05) is 29.2 Å². The summed E-state index contributed by atoms with van der Waals surface area (Å²) in [5.74, 6) is 0.835. The molecule has 1 saturated heterocycles. The number of benzene rings is 2. The van der Waals surface area contributed by atoms with Crippen LogP contribution in [0, 0.1) is 0 Å². The normalized spacial score (nSPS) is 17.5. The number of carbonyl (C=O) groups excluding carboxylic acids is 1. The third-order valence-electron chi connectivity index (χ3n) is 6.20. The first-order valence-electron chi connectivity index (χ1n) is 10.7. The number of para-hydroxylation sites is 1. The molecule has 1 N–H and O–H groups in total. The van der Waals surface area contributed by atoms with Gasteiger partial charge in [0.1, 0.15) is 11.4 Å². The van der Waals surface area contributed by atoms with Gasteiger partial charge in [-0.3, -0.25) is 0 Å². The zero-order valence-corrected chi connectivity index (χ0v) is 17.8. The minimum Gasteiger partial charge on any atom is -0.485 e. The summed E-state index contributed by atoms with van der Waals surface area (Å²) in [4.78, 5) is 14.6. The minimum atomic E-state index is -0.199. The molecule has 4 nitrogen and oxygen atoms in total. The van der Waals surface area contributed by atoms with Crippen molar-refractivity contribution in [1.29, 1.82) is 0 Å². The van der Waals surface area contributed by atoms with Gasteiger partial charge in [-0.15, -0.1) is 0 Å². The van der Waals surface area contributed by atoms with E-state index >= 15 is 0 Å². The Labute approximate surface area is 178 Å². The molecule has 1 spiro atoms. The van der Waals surface area contributed by atoms with Gasteiger partial charge in [-0.05, 0) is 55.0 Å². The minimum absolute atomic E-state index is 0.0320. The van der Waals surface area contributed by atoms with E-state index in [1.165, 1.54) is 24.0 Å². The molecule has 0 atom stereocenters. The molecular weight excluding hydrogens is 384 g/mol. The molecule has 0 aromatic heterocycles. The Kier molecular flexibility index (Phi) is 6.00. The molecule has 0 saturated carbocycles. The number of rotatable bonds is 4. The van der Waals surface area contributed by atoms with Crippen molar-refractivity contribution >= 4 is 23.3 Å². The van der Waals surface area contributed by atoms with E-state index in [0.29, 0.717) is 18.1 Å². The van der Waals surface area contributed by atoms with Crippen molar-refractivity contribution in [3.63, 3.8) is 0 Å². The van der Waals surface area contributed by atoms with Gasteiger partial charge in [-0.1, -0.05) is 49.2 Å². The Bertz CT molecular complexity index is 858. The second kappa shape index (κ2) is 8.66. The summed E-state index contributed by atoms with van der Waals surface area (Å²) in [6.45, 7) is 3.59. The van der Waals surface area contributed by atoms with Crippen molar-refractivity contribution in [2.75, 3.05) is 18.4 Å². The summed E-state index contributed by atoms with van der Waals surface area (Å²) >= 11 is 6.35. The van der Waals surface area contributed by atoms with Gasteiger partial charge in [0.05, 0.1) is 5.02 Å². The van der Waals surface area contributed by atoms with Crippen molar-refractivity contribution in [3.8, 4) is 5.75 Å². The highest BCUT2D eigenvalue weighted by Crippen LogP contribution is 2.42. The van der Waals surface area contributed by atoms with Crippen molar-refractivity contribution in [2.24, 2.45) is 0 Å². The van der Waals surface area contributed by atoms with E-state index in [-0.39, 0.29) is 11.6 Å². The molecule has 2 heterocycles. The zero-order valence-electron chi connectivity index (χ0n) is 17.0. The van der Waals surface area contributed by atoms with Crippen LogP contribution in [0.1, 0.15) is 50.2 Å². The predicted octanol–water partition coefficient (Wildman–Crippen LogP) is 6.07. The topological polar surface area (TPSA) is 41.6 Å². The van der Waals surface area contributed by atoms with Gasteiger partial charge in [0.25, 0.3) is 0 Å². The Balaban J connectivity index is 1.33. The number of aryl methyl sites for hydroxylation is 2. The maximum Gasteiger partial charge on any atom is 0.321 e. The van der Waals surface area contributed by atoms with Crippen LogP contribution >= 0.6 is 11.6 Å². The average Bonchev–Trinajstić information content (AvgIpc) is 2.74. The molecule has 2 aromatic carbocycles. The molecule has 2 amide bonds. The third-order valence-corrected chi connectivity index (χ3v) is 6.50. The third kappa shape index (κ3) is 4.53. The van der Waals surface area contributed by atoms with Crippen LogP contribution in [0.2, 0.25) is 5.02 Å². The fourth-order valence-corrected chi connectivity index (χ4v) is 4.53. The van der Waals surface area contributed by atoms with E-state index in [4.69, 9.17) is 16.3 Å². The van der Waals surface area contributed by atoms with Crippen molar-refractivity contribution < 1.29 is 9.53 Å². The summed E-state index contributed by atoms with van der Waals surface area (Å²) in [5, 5.41) is 3.72. The second-order valence-electron chi connectivity index (χ2n) is 8.23. The highest BCUT2D eigenvalue weighted by Gasteiger charge is 2.41. The number of likely N-dealkylation sites (tertiary alicyclic amines) is 1. The first kappa shape index (κ1) is 20.1. The molecular formula is C24H29ClN2O2. The Morgan fingerprint density at radius 2 is 1.90 bits per heavy atom. The van der Waals surface area contributed by atoms with E-state index < -0.39 is 0 Å². The number of anilines is 1.